The number of esters is 1. The van der Waals surface area contributed by atoms with Gasteiger partial charge in [-0.3, -0.25) is 4.79 Å². The molecule has 2 aromatic rings. The normalized spacial score (nSPS) is 28.3. The van der Waals surface area contributed by atoms with Gasteiger partial charge in [0.1, 0.15) is 18.2 Å². The monoisotopic (exact) mass is 716 g/mol. The molecular weight excluding hydrogens is 671 g/mol. The van der Waals surface area contributed by atoms with Crippen LogP contribution in [0.3, 0.4) is 0 Å². The van der Waals surface area contributed by atoms with E-state index < -0.39 is 33.0 Å². The highest BCUT2D eigenvalue weighted by Crippen LogP contribution is 2.47. The SMILES string of the molecule is CC(C)OC(=O)CO[C@H]1C2=C[C@@H](C2)[C@H](C)[C@@H](C)S(=O)(=O)NC(=O)c2ccc3c(c2)N(Cc2ccc(Cl)c(F)c2CCCCO3)C[C@@H]2CC[C@H]21. The Hall–Kier alpha value is -3.15. The summed E-state index contributed by atoms with van der Waals surface area (Å²) >= 11 is 6.24. The van der Waals surface area contributed by atoms with Crippen molar-refractivity contribution < 1.29 is 36.6 Å². The van der Waals surface area contributed by atoms with E-state index in [1.54, 1.807) is 45.0 Å². The number of hydrogen-bond donors (Lipinski definition) is 1. The molecule has 266 valence electrons. The smallest absolute Gasteiger partial charge is 0.332 e. The summed E-state index contributed by atoms with van der Waals surface area (Å²) in [5.41, 5.74) is 3.20. The molecule has 2 aliphatic carbocycles. The third-order valence-electron chi connectivity index (χ3n) is 10.8. The molecule has 1 saturated carbocycles. The molecule has 5 aliphatic rings. The van der Waals surface area contributed by atoms with Gasteiger partial charge in [0.05, 0.1) is 34.8 Å². The van der Waals surface area contributed by atoms with Gasteiger partial charge in [0.25, 0.3) is 5.91 Å². The summed E-state index contributed by atoms with van der Waals surface area (Å²) in [4.78, 5) is 28.2. The van der Waals surface area contributed by atoms with Gasteiger partial charge in [0.15, 0.2) is 0 Å². The van der Waals surface area contributed by atoms with Crippen LogP contribution in [0.4, 0.5) is 10.1 Å². The van der Waals surface area contributed by atoms with Crippen molar-refractivity contribution in [1.82, 2.24) is 4.72 Å². The van der Waals surface area contributed by atoms with E-state index in [2.05, 4.69) is 15.7 Å². The van der Waals surface area contributed by atoms with Crippen molar-refractivity contribution in [2.45, 2.75) is 90.2 Å². The number of nitrogens with zero attached hydrogens (tertiary/aromatic N) is 1. The van der Waals surface area contributed by atoms with E-state index in [0.717, 1.165) is 24.0 Å². The minimum Gasteiger partial charge on any atom is -0.491 e. The minimum atomic E-state index is -4.03. The molecule has 1 N–H and O–H groups in total. The van der Waals surface area contributed by atoms with Crippen LogP contribution in [0.2, 0.25) is 5.02 Å². The maximum absolute atomic E-state index is 15.5. The van der Waals surface area contributed by atoms with E-state index in [1.165, 1.54) is 0 Å². The van der Waals surface area contributed by atoms with Gasteiger partial charge in [-0.15, -0.1) is 0 Å². The van der Waals surface area contributed by atoms with Crippen LogP contribution >= 0.6 is 11.6 Å². The molecule has 4 bridgehead atoms. The van der Waals surface area contributed by atoms with Crippen LogP contribution in [-0.2, 0) is 37.3 Å². The van der Waals surface area contributed by atoms with Crippen molar-refractivity contribution >= 4 is 39.2 Å². The molecule has 2 aromatic carbocycles. The lowest BCUT2D eigenvalue weighted by atomic mass is 9.64. The molecule has 0 unspecified atom stereocenters. The predicted octanol–water partition coefficient (Wildman–Crippen LogP) is 6.61. The fraction of sp³-hybridized carbons (Fsp3) is 0.568. The molecule has 12 heteroatoms. The molecule has 0 saturated heterocycles. The van der Waals surface area contributed by atoms with Crippen LogP contribution in [-0.4, -0.2) is 57.5 Å². The van der Waals surface area contributed by atoms with Gasteiger partial charge >= 0.3 is 5.97 Å². The van der Waals surface area contributed by atoms with Crippen LogP contribution in [0.1, 0.15) is 81.3 Å². The lowest BCUT2D eigenvalue weighted by Crippen LogP contribution is -2.48. The predicted molar refractivity (Wildman–Crippen MR) is 186 cm³/mol. The van der Waals surface area contributed by atoms with Crippen LogP contribution in [0, 0.1) is 29.5 Å². The summed E-state index contributed by atoms with van der Waals surface area (Å²) in [6.45, 7) is 8.17. The average molecular weight is 717 g/mol. The topological polar surface area (TPSA) is 111 Å². The van der Waals surface area contributed by atoms with E-state index in [1.807, 2.05) is 13.0 Å². The second-order valence-corrected chi connectivity index (χ2v) is 16.7. The molecule has 9 nitrogen and oxygen atoms in total. The number of allylic oxidation sites excluding steroid dienone is 1. The first-order valence-electron chi connectivity index (χ1n) is 17.4. The molecule has 6 atom stereocenters. The fourth-order valence-corrected chi connectivity index (χ4v) is 9.06. The number of fused-ring (bicyclic) bond motifs is 5. The lowest BCUT2D eigenvalue weighted by Gasteiger charge is -2.47. The number of carbonyl (C=O) groups is 2. The van der Waals surface area contributed by atoms with Gasteiger partial charge in [0, 0.05) is 18.7 Å². The summed E-state index contributed by atoms with van der Waals surface area (Å²) in [7, 11) is -4.03. The number of halogens is 2. The summed E-state index contributed by atoms with van der Waals surface area (Å²) in [5, 5.41) is -0.772. The van der Waals surface area contributed by atoms with E-state index in [-0.39, 0.29) is 53.1 Å². The Morgan fingerprint density at radius 1 is 1.16 bits per heavy atom. The highest BCUT2D eigenvalue weighted by Gasteiger charge is 2.45. The maximum Gasteiger partial charge on any atom is 0.332 e. The number of carbonyl (C=O) groups excluding carboxylic acids is 2. The van der Waals surface area contributed by atoms with E-state index in [0.29, 0.717) is 62.4 Å². The third kappa shape index (κ3) is 7.64. The highest BCUT2D eigenvalue weighted by molar-refractivity contribution is 7.90. The van der Waals surface area contributed by atoms with Gasteiger partial charge in [-0.2, -0.15) is 0 Å². The molecular formula is C37H46ClFN2O7S. The number of amides is 1. The molecule has 3 heterocycles. The van der Waals surface area contributed by atoms with E-state index in [4.69, 9.17) is 25.8 Å². The summed E-state index contributed by atoms with van der Waals surface area (Å²) in [5.74, 6) is -1.07. The Labute approximate surface area is 293 Å². The Kier molecular flexibility index (Phi) is 10.6. The summed E-state index contributed by atoms with van der Waals surface area (Å²) in [6.07, 6.45) is 5.81. The Balaban J connectivity index is 1.43. The summed E-state index contributed by atoms with van der Waals surface area (Å²) in [6, 6.07) is 8.40. The van der Waals surface area contributed by atoms with Gasteiger partial charge in [-0.1, -0.05) is 30.7 Å². The number of hydrogen-bond acceptors (Lipinski definition) is 8. The number of rotatable bonds is 4. The quantitative estimate of drug-likeness (QED) is 0.278. The number of sulfonamides is 1. The number of nitrogens with one attached hydrogen (secondary N) is 1. The molecule has 0 aromatic heterocycles. The molecule has 1 fully saturated rings. The number of benzene rings is 2. The van der Waals surface area contributed by atoms with Gasteiger partial charge in [-0.25, -0.2) is 22.3 Å². The van der Waals surface area contributed by atoms with Crippen molar-refractivity contribution in [3.63, 3.8) is 0 Å². The fourth-order valence-electron chi connectivity index (χ4n) is 7.56. The van der Waals surface area contributed by atoms with Crippen molar-refractivity contribution in [1.29, 1.82) is 0 Å². The Bertz CT molecular complexity index is 1730. The van der Waals surface area contributed by atoms with Gasteiger partial charge in [0.2, 0.25) is 10.0 Å². The summed E-state index contributed by atoms with van der Waals surface area (Å²) < 4.78 is 62.8. The van der Waals surface area contributed by atoms with Crippen molar-refractivity contribution in [2.75, 3.05) is 24.7 Å². The highest BCUT2D eigenvalue weighted by atomic mass is 35.5. The molecule has 1 amide bonds. The second-order valence-electron chi connectivity index (χ2n) is 14.3. The number of ether oxygens (including phenoxy) is 3. The molecule has 0 spiro atoms. The van der Waals surface area contributed by atoms with E-state index >= 15 is 4.39 Å². The van der Waals surface area contributed by atoms with E-state index in [9.17, 15) is 18.0 Å². The zero-order valence-corrected chi connectivity index (χ0v) is 30.1. The molecule has 7 rings (SSSR count). The van der Waals surface area contributed by atoms with Crippen LogP contribution in [0.25, 0.3) is 0 Å². The lowest BCUT2D eigenvalue weighted by molar-refractivity contribution is -0.156. The van der Waals surface area contributed by atoms with Crippen molar-refractivity contribution in [2.24, 2.45) is 23.7 Å². The van der Waals surface area contributed by atoms with Crippen molar-refractivity contribution in [3.05, 3.63) is 69.5 Å². The second kappa shape index (κ2) is 14.6. The van der Waals surface area contributed by atoms with Crippen LogP contribution < -0.4 is 14.4 Å². The maximum atomic E-state index is 15.5. The first-order valence-corrected chi connectivity index (χ1v) is 19.3. The van der Waals surface area contributed by atoms with Crippen LogP contribution in [0.15, 0.2) is 42.0 Å². The average Bonchev–Trinajstić information content (AvgIpc) is 3.04. The van der Waals surface area contributed by atoms with Crippen molar-refractivity contribution in [3.8, 4) is 5.75 Å². The molecule has 0 radical (unpaired) electrons. The first kappa shape index (κ1) is 35.7. The minimum absolute atomic E-state index is 0.0240. The number of anilines is 1. The van der Waals surface area contributed by atoms with Gasteiger partial charge < -0.3 is 19.1 Å². The molecule has 49 heavy (non-hydrogen) atoms. The Morgan fingerprint density at radius 2 is 1.94 bits per heavy atom. The van der Waals surface area contributed by atoms with Gasteiger partial charge in [-0.05, 0) is 124 Å². The third-order valence-corrected chi connectivity index (χ3v) is 12.9. The Morgan fingerprint density at radius 3 is 2.65 bits per heavy atom. The van der Waals surface area contributed by atoms with Crippen LogP contribution in [0.5, 0.6) is 5.75 Å². The first-order chi connectivity index (χ1) is 23.3. The zero-order chi connectivity index (χ0) is 35.0. The molecule has 3 aliphatic heterocycles. The zero-order valence-electron chi connectivity index (χ0n) is 28.5. The standard InChI is InChI=1S/C37H46ClFN2O7S/c1-21(2)48-34(42)20-47-36-28-15-27(16-28)22(3)23(4)49(44,45)40-37(43)24-10-13-33-32(17-24)41(19-26-8-11-30(26)36)18-25-9-12-31(38)35(39)29(25)7-5-6-14-46-33/h9-10,12-13,15,17,21-23,26-27,30,36H,5-8,11,14,16,18-20H2,1-4H3,(H,40,43)/t22-,23-,26+,27+,30-,36+/m1/s1. The largest absolute Gasteiger partial charge is 0.491 e.